The molecule has 0 saturated carbocycles. The number of benzene rings is 2. The van der Waals surface area contributed by atoms with Crippen LogP contribution in [0.25, 0.3) is 5.70 Å². The van der Waals surface area contributed by atoms with E-state index in [0.717, 1.165) is 30.6 Å². The molecule has 0 amide bonds. The number of anilines is 2. The average molecular weight is 465 g/mol. The molecule has 182 valence electrons. The fourth-order valence-corrected chi connectivity index (χ4v) is 3.36. The van der Waals surface area contributed by atoms with Gasteiger partial charge in [0.2, 0.25) is 0 Å². The molecule has 2 aromatic rings. The van der Waals surface area contributed by atoms with Gasteiger partial charge in [0.05, 0.1) is 29.3 Å². The van der Waals surface area contributed by atoms with Crippen LogP contribution in [0.5, 0.6) is 5.75 Å². The monoisotopic (exact) mass is 464 g/mol. The van der Waals surface area contributed by atoms with Crippen LogP contribution in [-0.4, -0.2) is 19.4 Å². The molecule has 0 spiro atoms. The number of nitrogens with one attached hydrogen (secondary N) is 2. The lowest BCUT2D eigenvalue weighted by Gasteiger charge is -2.17. The summed E-state index contributed by atoms with van der Waals surface area (Å²) in [5.41, 5.74) is 2.58. The quantitative estimate of drug-likeness (QED) is 0.234. The Kier molecular flexibility index (Phi) is 10.1. The fourth-order valence-electron chi connectivity index (χ4n) is 3.36. The maximum Gasteiger partial charge on any atom is 0.138 e. The van der Waals surface area contributed by atoms with Gasteiger partial charge < -0.3 is 15.4 Å². The third-order valence-electron chi connectivity index (χ3n) is 5.37. The van der Waals surface area contributed by atoms with Crippen molar-refractivity contribution in [3.63, 3.8) is 0 Å². The number of aliphatic imine (C=N–C) groups is 1. The van der Waals surface area contributed by atoms with E-state index in [0.29, 0.717) is 41.8 Å². The van der Waals surface area contributed by atoms with Gasteiger partial charge in [-0.05, 0) is 70.2 Å². The van der Waals surface area contributed by atoms with Crippen LogP contribution >= 0.6 is 0 Å². The third kappa shape index (κ3) is 8.55. The van der Waals surface area contributed by atoms with E-state index in [4.69, 9.17) is 10.00 Å². The lowest BCUT2D eigenvalue weighted by Crippen LogP contribution is -2.14. The van der Waals surface area contributed by atoms with Gasteiger partial charge >= 0.3 is 0 Å². The predicted octanol–water partition coefficient (Wildman–Crippen LogP) is 7.80. The second-order valence-corrected chi connectivity index (χ2v) is 9.42. The van der Waals surface area contributed by atoms with E-state index in [1.54, 1.807) is 19.2 Å². The first kappa shape index (κ1) is 26.9. The van der Waals surface area contributed by atoms with Gasteiger partial charge in [-0.1, -0.05) is 20.4 Å². The van der Waals surface area contributed by atoms with E-state index in [2.05, 4.69) is 42.1 Å². The highest BCUT2D eigenvalue weighted by atomic mass is 19.1. The highest BCUT2D eigenvalue weighted by Crippen LogP contribution is 2.34. The minimum Gasteiger partial charge on any atom is -0.493 e. The second kappa shape index (κ2) is 12.8. The lowest BCUT2D eigenvalue weighted by molar-refractivity contribution is 0.296. The lowest BCUT2D eigenvalue weighted by atomic mass is 9.91. The van der Waals surface area contributed by atoms with Crippen molar-refractivity contribution in [2.75, 3.05) is 23.8 Å². The Morgan fingerprint density at radius 1 is 1.24 bits per heavy atom. The summed E-state index contributed by atoms with van der Waals surface area (Å²) in [5, 5.41) is 15.6. The van der Waals surface area contributed by atoms with Crippen molar-refractivity contribution in [1.82, 2.24) is 0 Å². The molecule has 2 rings (SSSR count). The zero-order valence-electron chi connectivity index (χ0n) is 21.0. The standard InChI is InChI=1S/C28H37FN4O/c1-7-31-26-18-24(34-16-8-9-20(2)3)17-25(29)27(26)21(4)33-23-12-10-22(11-13-23)32-15-14-28(5,6)19-30/h7,10-13,17-18,20,32-33H,4,8-9,14-16H2,1-3,5-6H3. The Bertz CT molecular complexity index is 1020. The van der Waals surface area contributed by atoms with Gasteiger partial charge in [0.1, 0.15) is 11.6 Å². The Hall–Kier alpha value is -3.33. The molecule has 0 aromatic heterocycles. The topological polar surface area (TPSA) is 69.4 Å². The van der Waals surface area contributed by atoms with E-state index in [1.165, 1.54) is 6.07 Å². The van der Waals surface area contributed by atoms with E-state index in [9.17, 15) is 0 Å². The number of hydrogen-bond donors (Lipinski definition) is 2. The molecule has 6 heteroatoms. The molecule has 2 aromatic carbocycles. The van der Waals surface area contributed by atoms with Gasteiger partial charge in [0.25, 0.3) is 0 Å². The first-order chi connectivity index (χ1) is 16.1. The van der Waals surface area contributed by atoms with Gasteiger partial charge in [-0.15, -0.1) is 0 Å². The number of nitriles is 1. The molecule has 5 nitrogen and oxygen atoms in total. The molecular formula is C28H37FN4O. The zero-order chi connectivity index (χ0) is 25.1. The van der Waals surface area contributed by atoms with Crippen LogP contribution in [-0.2, 0) is 0 Å². The molecule has 2 N–H and O–H groups in total. The molecular weight excluding hydrogens is 427 g/mol. The van der Waals surface area contributed by atoms with Crippen LogP contribution in [0.1, 0.15) is 59.4 Å². The van der Waals surface area contributed by atoms with Crippen molar-refractivity contribution < 1.29 is 9.13 Å². The molecule has 0 saturated heterocycles. The minimum absolute atomic E-state index is 0.313. The molecule has 34 heavy (non-hydrogen) atoms. The molecule has 0 aliphatic rings. The SMILES string of the molecule is C=C(Nc1ccc(NCCC(C)(C)C#N)cc1)c1c(F)cc(OCCCC(C)C)cc1N=CC. The van der Waals surface area contributed by atoms with Crippen LogP contribution in [0.3, 0.4) is 0 Å². The van der Waals surface area contributed by atoms with Gasteiger partial charge in [-0.2, -0.15) is 5.26 Å². The van der Waals surface area contributed by atoms with Crippen molar-refractivity contribution in [3.05, 3.63) is 54.4 Å². The zero-order valence-corrected chi connectivity index (χ0v) is 21.0. The van der Waals surface area contributed by atoms with Gasteiger partial charge in [0, 0.05) is 42.0 Å². The number of ether oxygens (including phenoxy) is 1. The maximum absolute atomic E-state index is 15.1. The summed E-state index contributed by atoms with van der Waals surface area (Å²) >= 11 is 0. The van der Waals surface area contributed by atoms with Crippen LogP contribution in [0.4, 0.5) is 21.5 Å². The molecule has 0 unspecified atom stereocenters. The summed E-state index contributed by atoms with van der Waals surface area (Å²) in [4.78, 5) is 4.34. The molecule has 0 radical (unpaired) electrons. The van der Waals surface area contributed by atoms with Crippen LogP contribution in [0.15, 0.2) is 48.0 Å². The Morgan fingerprint density at radius 3 is 2.53 bits per heavy atom. The largest absolute Gasteiger partial charge is 0.493 e. The number of halogens is 1. The minimum atomic E-state index is -0.433. The average Bonchev–Trinajstić information content (AvgIpc) is 2.77. The van der Waals surface area contributed by atoms with Gasteiger partial charge in [0.15, 0.2) is 0 Å². The van der Waals surface area contributed by atoms with Crippen LogP contribution in [0.2, 0.25) is 0 Å². The van der Waals surface area contributed by atoms with E-state index in [-0.39, 0.29) is 5.41 Å². The first-order valence-electron chi connectivity index (χ1n) is 11.8. The van der Waals surface area contributed by atoms with Crippen molar-refractivity contribution >= 4 is 29.0 Å². The summed E-state index contributed by atoms with van der Waals surface area (Å²) in [5.74, 6) is 0.643. The molecule has 0 bridgehead atoms. The highest BCUT2D eigenvalue weighted by Gasteiger charge is 2.16. The third-order valence-corrected chi connectivity index (χ3v) is 5.37. The molecule has 0 fully saturated rings. The van der Waals surface area contributed by atoms with Crippen LogP contribution in [0, 0.1) is 28.5 Å². The molecule has 0 heterocycles. The predicted molar refractivity (Wildman–Crippen MR) is 141 cm³/mol. The summed E-state index contributed by atoms with van der Waals surface area (Å²) in [6.07, 6.45) is 4.36. The van der Waals surface area contributed by atoms with E-state index >= 15 is 4.39 Å². The fraction of sp³-hybridized carbons (Fsp3) is 0.429. The van der Waals surface area contributed by atoms with Crippen molar-refractivity contribution in [1.29, 1.82) is 5.26 Å². The summed E-state index contributed by atoms with van der Waals surface area (Å²) < 4.78 is 20.8. The van der Waals surface area contributed by atoms with Crippen LogP contribution < -0.4 is 15.4 Å². The van der Waals surface area contributed by atoms with Crippen molar-refractivity contribution in [2.24, 2.45) is 16.3 Å². The van der Waals surface area contributed by atoms with Crippen molar-refractivity contribution in [3.8, 4) is 11.8 Å². The number of rotatable bonds is 13. The summed E-state index contributed by atoms with van der Waals surface area (Å²) in [6.45, 7) is 15.3. The van der Waals surface area contributed by atoms with Crippen molar-refractivity contribution in [2.45, 2.75) is 53.9 Å². The summed E-state index contributed by atoms with van der Waals surface area (Å²) in [6, 6.07) is 13.1. The Balaban J connectivity index is 2.06. The molecule has 0 aliphatic heterocycles. The van der Waals surface area contributed by atoms with E-state index < -0.39 is 5.82 Å². The normalized spacial score (nSPS) is 11.5. The number of nitrogens with zero attached hydrogens (tertiary/aromatic N) is 2. The number of hydrogen-bond acceptors (Lipinski definition) is 5. The Labute approximate surface area is 203 Å². The van der Waals surface area contributed by atoms with Gasteiger partial charge in [-0.25, -0.2) is 4.39 Å². The van der Waals surface area contributed by atoms with Gasteiger partial charge in [-0.3, -0.25) is 4.99 Å². The molecule has 0 aliphatic carbocycles. The smallest absolute Gasteiger partial charge is 0.138 e. The second-order valence-electron chi connectivity index (χ2n) is 9.42. The first-order valence-corrected chi connectivity index (χ1v) is 11.8. The molecule has 0 atom stereocenters. The van der Waals surface area contributed by atoms with E-state index in [1.807, 2.05) is 38.1 Å². The summed E-state index contributed by atoms with van der Waals surface area (Å²) in [7, 11) is 0. The maximum atomic E-state index is 15.1. The highest BCUT2D eigenvalue weighted by molar-refractivity contribution is 5.83. The Morgan fingerprint density at radius 2 is 1.91 bits per heavy atom.